The minimum absolute atomic E-state index is 0.0619. The summed E-state index contributed by atoms with van der Waals surface area (Å²) in [4.78, 5) is 15.5. The van der Waals surface area contributed by atoms with Gasteiger partial charge in [-0.15, -0.1) is 0 Å². The fourth-order valence-electron chi connectivity index (χ4n) is 3.29. The van der Waals surface area contributed by atoms with E-state index in [0.717, 1.165) is 5.56 Å². The average Bonchev–Trinajstić information content (AvgIpc) is 3.27. The molecule has 2 aromatic rings. The van der Waals surface area contributed by atoms with Crippen molar-refractivity contribution in [3.63, 3.8) is 0 Å². The van der Waals surface area contributed by atoms with Crippen LogP contribution >= 0.6 is 0 Å². The normalized spacial score (nSPS) is 16.0. The Bertz CT molecular complexity index is 998. The summed E-state index contributed by atoms with van der Waals surface area (Å²) in [6, 6.07) is 6.54. The molecular formula is C21H29N3O6S. The molecule has 1 unspecified atom stereocenters. The summed E-state index contributed by atoms with van der Waals surface area (Å²) in [6.07, 6.45) is 1.34. The number of aromatic nitrogens is 1. The van der Waals surface area contributed by atoms with Crippen molar-refractivity contribution in [3.05, 3.63) is 41.7 Å². The van der Waals surface area contributed by atoms with Crippen LogP contribution in [0.5, 0.6) is 11.5 Å². The monoisotopic (exact) mass is 451 g/mol. The molecule has 1 atom stereocenters. The highest BCUT2D eigenvalue weighted by Crippen LogP contribution is 2.31. The minimum Gasteiger partial charge on any atom is -0.490 e. The van der Waals surface area contributed by atoms with Crippen molar-refractivity contribution in [3.8, 4) is 11.5 Å². The van der Waals surface area contributed by atoms with E-state index in [1.165, 1.54) is 16.6 Å². The second-order valence-corrected chi connectivity index (χ2v) is 8.97. The zero-order valence-corrected chi connectivity index (χ0v) is 18.8. The predicted octanol–water partition coefficient (Wildman–Crippen LogP) is 2.32. The lowest BCUT2D eigenvalue weighted by molar-refractivity contribution is 0.0730. The maximum absolute atomic E-state index is 12.7. The van der Waals surface area contributed by atoms with Crippen LogP contribution in [0.3, 0.4) is 0 Å². The molecule has 1 aromatic carbocycles. The van der Waals surface area contributed by atoms with Gasteiger partial charge in [-0.3, -0.25) is 4.79 Å². The summed E-state index contributed by atoms with van der Waals surface area (Å²) < 4.78 is 43.3. The lowest BCUT2D eigenvalue weighted by Crippen LogP contribution is -2.40. The van der Waals surface area contributed by atoms with Gasteiger partial charge in [0.1, 0.15) is 10.6 Å². The van der Waals surface area contributed by atoms with Crippen LogP contribution in [0.15, 0.2) is 35.4 Å². The zero-order chi connectivity index (χ0) is 22.4. The van der Waals surface area contributed by atoms with Crippen molar-refractivity contribution in [2.75, 3.05) is 39.5 Å². The number of nitrogens with one attached hydrogen (secondary N) is 2. The Morgan fingerprint density at radius 1 is 1.16 bits per heavy atom. The highest BCUT2D eigenvalue weighted by Gasteiger charge is 2.28. The van der Waals surface area contributed by atoms with Crippen LogP contribution in [-0.2, 0) is 14.8 Å². The Morgan fingerprint density at radius 3 is 2.52 bits per heavy atom. The Hall–Kier alpha value is -2.56. The number of benzene rings is 1. The number of hydrogen-bond acceptors (Lipinski definition) is 6. The Kier molecular flexibility index (Phi) is 7.58. The second kappa shape index (κ2) is 10.2. The number of H-pyrrole nitrogens is 1. The number of sulfonamides is 1. The first-order chi connectivity index (χ1) is 14.9. The van der Waals surface area contributed by atoms with Crippen LogP contribution in [0.4, 0.5) is 0 Å². The van der Waals surface area contributed by atoms with Gasteiger partial charge in [0.2, 0.25) is 10.0 Å². The molecule has 0 spiro atoms. The van der Waals surface area contributed by atoms with Gasteiger partial charge in [0.05, 0.1) is 32.5 Å². The van der Waals surface area contributed by atoms with Gasteiger partial charge >= 0.3 is 0 Å². The van der Waals surface area contributed by atoms with Crippen molar-refractivity contribution in [1.82, 2.24) is 14.6 Å². The summed E-state index contributed by atoms with van der Waals surface area (Å²) in [7, 11) is -3.67. The number of carbonyl (C=O) groups is 1. The van der Waals surface area contributed by atoms with E-state index in [4.69, 9.17) is 14.2 Å². The quantitative estimate of drug-likeness (QED) is 0.606. The van der Waals surface area contributed by atoms with Crippen molar-refractivity contribution >= 4 is 15.9 Å². The third-order valence-corrected chi connectivity index (χ3v) is 6.80. The number of rotatable bonds is 9. The van der Waals surface area contributed by atoms with E-state index in [-0.39, 0.29) is 16.6 Å². The smallest absolute Gasteiger partial charge is 0.268 e. The van der Waals surface area contributed by atoms with Gasteiger partial charge in [-0.25, -0.2) is 8.42 Å². The van der Waals surface area contributed by atoms with Gasteiger partial charge in [-0.1, -0.05) is 6.07 Å². The molecule has 1 aliphatic heterocycles. The second-order valence-electron chi connectivity index (χ2n) is 7.03. The number of morpholine rings is 1. The highest BCUT2D eigenvalue weighted by atomic mass is 32.2. The van der Waals surface area contributed by atoms with E-state index >= 15 is 0 Å². The zero-order valence-electron chi connectivity index (χ0n) is 18.0. The minimum atomic E-state index is -3.67. The van der Waals surface area contributed by atoms with Crippen molar-refractivity contribution in [1.29, 1.82) is 0 Å². The van der Waals surface area contributed by atoms with Crippen LogP contribution in [0.2, 0.25) is 0 Å². The molecule has 0 aliphatic carbocycles. The van der Waals surface area contributed by atoms with Crippen LogP contribution in [0.25, 0.3) is 0 Å². The molecule has 2 N–H and O–H groups in total. The van der Waals surface area contributed by atoms with E-state index in [0.29, 0.717) is 51.0 Å². The summed E-state index contributed by atoms with van der Waals surface area (Å²) in [5.74, 6) is 0.860. The first-order valence-electron chi connectivity index (χ1n) is 10.3. The molecule has 1 fully saturated rings. The fraction of sp³-hybridized carbons (Fsp3) is 0.476. The van der Waals surface area contributed by atoms with Crippen molar-refractivity contribution < 1.29 is 27.4 Å². The lowest BCUT2D eigenvalue weighted by Gasteiger charge is -2.25. The fourth-order valence-corrected chi connectivity index (χ4v) is 4.69. The number of nitrogens with zero attached hydrogens (tertiary/aromatic N) is 1. The molecular weight excluding hydrogens is 422 g/mol. The van der Waals surface area contributed by atoms with Crippen LogP contribution in [-0.4, -0.2) is 63.1 Å². The molecule has 1 amide bonds. The molecule has 9 nitrogen and oxygen atoms in total. The largest absolute Gasteiger partial charge is 0.490 e. The number of ether oxygens (including phenoxy) is 3. The number of carbonyl (C=O) groups excluding carboxylic acids is 1. The number of hydrogen-bond donors (Lipinski definition) is 2. The van der Waals surface area contributed by atoms with Gasteiger partial charge in [0.15, 0.2) is 11.5 Å². The molecule has 31 heavy (non-hydrogen) atoms. The molecule has 10 heteroatoms. The molecule has 1 saturated heterocycles. The van der Waals surface area contributed by atoms with Crippen LogP contribution in [0.1, 0.15) is 42.9 Å². The van der Waals surface area contributed by atoms with E-state index in [1.807, 2.05) is 39.0 Å². The molecule has 170 valence electrons. The van der Waals surface area contributed by atoms with Gasteiger partial charge < -0.3 is 24.5 Å². The summed E-state index contributed by atoms with van der Waals surface area (Å²) in [5, 5.41) is 2.88. The summed E-state index contributed by atoms with van der Waals surface area (Å²) in [6.45, 7) is 7.97. The Labute approximate surface area is 182 Å². The van der Waals surface area contributed by atoms with Crippen LogP contribution in [0, 0.1) is 0 Å². The summed E-state index contributed by atoms with van der Waals surface area (Å²) >= 11 is 0. The standard InChI is InChI=1S/C21H29N3O6S/c1-4-29-19-7-6-16(12-20(19)30-5-2)15(3)23-21(25)18-13-17(14-22-18)31(26,27)24-8-10-28-11-9-24/h6-7,12-15,22H,4-5,8-11H2,1-3H3,(H,23,25). The Balaban J connectivity index is 1.71. The third kappa shape index (κ3) is 5.38. The van der Waals surface area contributed by atoms with E-state index < -0.39 is 15.9 Å². The molecule has 0 radical (unpaired) electrons. The van der Waals surface area contributed by atoms with Crippen molar-refractivity contribution in [2.24, 2.45) is 0 Å². The van der Waals surface area contributed by atoms with E-state index in [9.17, 15) is 13.2 Å². The molecule has 1 aliphatic rings. The SMILES string of the molecule is CCOc1ccc(C(C)NC(=O)c2cc(S(=O)(=O)N3CCOCC3)c[nH]2)cc1OCC. The maximum atomic E-state index is 12.7. The van der Waals surface area contributed by atoms with Crippen molar-refractivity contribution in [2.45, 2.75) is 31.7 Å². The predicted molar refractivity (Wildman–Crippen MR) is 115 cm³/mol. The molecule has 0 saturated carbocycles. The molecule has 0 bridgehead atoms. The molecule has 1 aromatic heterocycles. The van der Waals surface area contributed by atoms with Gasteiger partial charge in [-0.05, 0) is 44.5 Å². The molecule has 3 rings (SSSR count). The molecule has 2 heterocycles. The topological polar surface area (TPSA) is 110 Å². The van der Waals surface area contributed by atoms with Gasteiger partial charge in [-0.2, -0.15) is 4.31 Å². The Morgan fingerprint density at radius 2 is 1.84 bits per heavy atom. The van der Waals surface area contributed by atoms with Crippen LogP contribution < -0.4 is 14.8 Å². The van der Waals surface area contributed by atoms with E-state index in [2.05, 4.69) is 10.3 Å². The van der Waals surface area contributed by atoms with E-state index in [1.54, 1.807) is 0 Å². The van der Waals surface area contributed by atoms with Gasteiger partial charge in [0, 0.05) is 19.3 Å². The lowest BCUT2D eigenvalue weighted by atomic mass is 10.1. The first-order valence-corrected chi connectivity index (χ1v) is 11.8. The highest BCUT2D eigenvalue weighted by molar-refractivity contribution is 7.89. The number of amides is 1. The third-order valence-electron chi connectivity index (χ3n) is 4.92. The summed E-state index contributed by atoms with van der Waals surface area (Å²) in [5.41, 5.74) is 1.02. The first kappa shape index (κ1) is 23.1. The maximum Gasteiger partial charge on any atom is 0.268 e. The average molecular weight is 452 g/mol. The van der Waals surface area contributed by atoms with Gasteiger partial charge in [0.25, 0.3) is 5.91 Å². The number of aromatic amines is 1.